The zero-order valence-corrected chi connectivity index (χ0v) is 17.1. The number of guanidine groups is 1. The van der Waals surface area contributed by atoms with Gasteiger partial charge in [0.1, 0.15) is 0 Å². The van der Waals surface area contributed by atoms with E-state index in [0.717, 1.165) is 48.7 Å². The van der Waals surface area contributed by atoms with Gasteiger partial charge in [-0.05, 0) is 31.0 Å². The summed E-state index contributed by atoms with van der Waals surface area (Å²) in [5.74, 6) is 2.88. The Labute approximate surface area is 158 Å². The second-order valence-electron chi connectivity index (χ2n) is 6.08. The number of ether oxygens (including phenoxy) is 3. The smallest absolute Gasteiger partial charge is 0.193 e. The van der Waals surface area contributed by atoms with Crippen molar-refractivity contribution >= 4 is 21.9 Å². The standard InChI is InChI=1S/C18H28BrN3O3/c1-5-20-18(22(2)11-13-6-7-25-12-13)21-10-14-8-16(23-3)17(24-4)9-15(14)19/h8-9,13H,5-7,10-12H2,1-4H3,(H,20,21). The Morgan fingerprint density at radius 1 is 1.36 bits per heavy atom. The Morgan fingerprint density at radius 2 is 2.08 bits per heavy atom. The van der Waals surface area contributed by atoms with E-state index in [1.807, 2.05) is 12.1 Å². The van der Waals surface area contributed by atoms with Crippen LogP contribution in [0.3, 0.4) is 0 Å². The van der Waals surface area contributed by atoms with Crippen LogP contribution in [-0.4, -0.2) is 58.4 Å². The minimum atomic E-state index is 0.550. The maximum Gasteiger partial charge on any atom is 0.193 e. The van der Waals surface area contributed by atoms with Gasteiger partial charge in [-0.2, -0.15) is 0 Å². The summed E-state index contributed by atoms with van der Waals surface area (Å²) in [6, 6.07) is 3.87. The van der Waals surface area contributed by atoms with Gasteiger partial charge in [0.2, 0.25) is 0 Å². The highest BCUT2D eigenvalue weighted by atomic mass is 79.9. The van der Waals surface area contributed by atoms with Crippen molar-refractivity contribution < 1.29 is 14.2 Å². The van der Waals surface area contributed by atoms with Crippen LogP contribution in [0.2, 0.25) is 0 Å². The number of nitrogens with zero attached hydrogens (tertiary/aromatic N) is 2. The monoisotopic (exact) mass is 413 g/mol. The van der Waals surface area contributed by atoms with Crippen molar-refractivity contribution in [2.45, 2.75) is 19.9 Å². The Bertz CT molecular complexity index is 589. The van der Waals surface area contributed by atoms with Crippen LogP contribution in [-0.2, 0) is 11.3 Å². The van der Waals surface area contributed by atoms with Gasteiger partial charge in [-0.1, -0.05) is 15.9 Å². The molecule has 25 heavy (non-hydrogen) atoms. The summed E-state index contributed by atoms with van der Waals surface area (Å²) in [7, 11) is 5.34. The Balaban J connectivity index is 2.11. The molecule has 0 amide bonds. The number of benzene rings is 1. The summed E-state index contributed by atoms with van der Waals surface area (Å²) < 4.78 is 17.1. The molecule has 0 bridgehead atoms. The molecule has 7 heteroatoms. The van der Waals surface area contributed by atoms with Gasteiger partial charge in [0.05, 0.1) is 27.4 Å². The second-order valence-corrected chi connectivity index (χ2v) is 6.93. The lowest BCUT2D eigenvalue weighted by molar-refractivity contribution is 0.181. The number of rotatable bonds is 7. The zero-order valence-electron chi connectivity index (χ0n) is 15.5. The molecule has 1 saturated heterocycles. The van der Waals surface area contributed by atoms with Gasteiger partial charge in [-0.3, -0.25) is 0 Å². The van der Waals surface area contributed by atoms with Crippen molar-refractivity contribution in [2.24, 2.45) is 10.9 Å². The van der Waals surface area contributed by atoms with E-state index in [2.05, 4.69) is 40.1 Å². The fourth-order valence-electron chi connectivity index (χ4n) is 2.85. The summed E-state index contributed by atoms with van der Waals surface area (Å²) in [4.78, 5) is 6.96. The van der Waals surface area contributed by atoms with E-state index >= 15 is 0 Å². The molecular weight excluding hydrogens is 386 g/mol. The maximum absolute atomic E-state index is 5.47. The first-order chi connectivity index (χ1) is 12.1. The van der Waals surface area contributed by atoms with Gasteiger partial charge in [0, 0.05) is 37.1 Å². The highest BCUT2D eigenvalue weighted by molar-refractivity contribution is 9.10. The van der Waals surface area contributed by atoms with Crippen LogP contribution in [0.25, 0.3) is 0 Å². The van der Waals surface area contributed by atoms with Crippen molar-refractivity contribution in [3.8, 4) is 11.5 Å². The lowest BCUT2D eigenvalue weighted by Crippen LogP contribution is -2.41. The van der Waals surface area contributed by atoms with Gasteiger partial charge in [0.15, 0.2) is 17.5 Å². The minimum absolute atomic E-state index is 0.550. The number of aliphatic imine (C=N–C) groups is 1. The molecule has 6 nitrogen and oxygen atoms in total. The molecule has 2 rings (SSSR count). The Morgan fingerprint density at radius 3 is 2.68 bits per heavy atom. The first-order valence-electron chi connectivity index (χ1n) is 8.56. The predicted octanol–water partition coefficient (Wildman–Crippen LogP) is 2.90. The lowest BCUT2D eigenvalue weighted by atomic mass is 10.1. The third kappa shape index (κ3) is 5.51. The largest absolute Gasteiger partial charge is 0.493 e. The van der Waals surface area contributed by atoms with Crippen molar-refractivity contribution in [3.05, 3.63) is 22.2 Å². The molecular formula is C18H28BrN3O3. The molecule has 1 aromatic rings. The fourth-order valence-corrected chi connectivity index (χ4v) is 3.30. The SMILES string of the molecule is CCNC(=NCc1cc(OC)c(OC)cc1Br)N(C)CC1CCOC1. The molecule has 1 aliphatic rings. The van der Waals surface area contributed by atoms with E-state index in [0.29, 0.717) is 24.0 Å². The van der Waals surface area contributed by atoms with Crippen LogP contribution < -0.4 is 14.8 Å². The third-order valence-electron chi connectivity index (χ3n) is 4.20. The van der Waals surface area contributed by atoms with Crippen molar-refractivity contribution in [1.82, 2.24) is 10.2 Å². The zero-order chi connectivity index (χ0) is 18.2. The molecule has 1 N–H and O–H groups in total. The molecule has 0 spiro atoms. The van der Waals surface area contributed by atoms with Crippen LogP contribution >= 0.6 is 15.9 Å². The van der Waals surface area contributed by atoms with E-state index in [-0.39, 0.29) is 0 Å². The fraction of sp³-hybridized carbons (Fsp3) is 0.611. The number of methoxy groups -OCH3 is 2. The first-order valence-corrected chi connectivity index (χ1v) is 9.35. The lowest BCUT2D eigenvalue weighted by Gasteiger charge is -2.24. The number of halogens is 1. The number of hydrogen-bond acceptors (Lipinski definition) is 4. The molecule has 0 aliphatic carbocycles. The predicted molar refractivity (Wildman–Crippen MR) is 104 cm³/mol. The first kappa shape index (κ1) is 19.8. The van der Waals surface area contributed by atoms with E-state index in [4.69, 9.17) is 19.2 Å². The molecule has 0 radical (unpaired) electrons. The normalized spacial score (nSPS) is 17.5. The average molecular weight is 414 g/mol. The van der Waals surface area contributed by atoms with Crippen molar-refractivity contribution in [3.63, 3.8) is 0 Å². The molecule has 1 aromatic carbocycles. The molecule has 1 unspecified atom stereocenters. The van der Waals surface area contributed by atoms with Gasteiger partial charge < -0.3 is 24.4 Å². The van der Waals surface area contributed by atoms with Crippen LogP contribution in [0.1, 0.15) is 18.9 Å². The van der Waals surface area contributed by atoms with Crippen molar-refractivity contribution in [2.75, 3.05) is 47.6 Å². The van der Waals surface area contributed by atoms with Crippen LogP contribution in [0.15, 0.2) is 21.6 Å². The molecule has 1 heterocycles. The van der Waals surface area contributed by atoms with E-state index < -0.39 is 0 Å². The van der Waals surface area contributed by atoms with Gasteiger partial charge in [0.25, 0.3) is 0 Å². The summed E-state index contributed by atoms with van der Waals surface area (Å²) in [5.41, 5.74) is 1.05. The average Bonchev–Trinajstić information content (AvgIpc) is 3.11. The molecule has 1 atom stereocenters. The van der Waals surface area contributed by atoms with Crippen molar-refractivity contribution in [1.29, 1.82) is 0 Å². The highest BCUT2D eigenvalue weighted by Crippen LogP contribution is 2.33. The Kier molecular flexibility index (Phi) is 7.84. The summed E-state index contributed by atoms with van der Waals surface area (Å²) >= 11 is 3.59. The quantitative estimate of drug-likeness (QED) is 0.549. The van der Waals surface area contributed by atoms with E-state index in [9.17, 15) is 0 Å². The summed E-state index contributed by atoms with van der Waals surface area (Å²) in [6.45, 7) is 6.11. The van der Waals surface area contributed by atoms with E-state index in [1.165, 1.54) is 0 Å². The van der Waals surface area contributed by atoms with Crippen LogP contribution in [0.4, 0.5) is 0 Å². The number of nitrogens with one attached hydrogen (secondary N) is 1. The molecule has 1 aliphatic heterocycles. The second kappa shape index (κ2) is 9.87. The minimum Gasteiger partial charge on any atom is -0.493 e. The topological polar surface area (TPSA) is 55.3 Å². The van der Waals surface area contributed by atoms with Crippen LogP contribution in [0.5, 0.6) is 11.5 Å². The molecule has 0 aromatic heterocycles. The maximum atomic E-state index is 5.47. The summed E-state index contributed by atoms with van der Waals surface area (Å²) in [5, 5.41) is 3.36. The molecule has 0 saturated carbocycles. The summed E-state index contributed by atoms with van der Waals surface area (Å²) in [6.07, 6.45) is 1.12. The van der Waals surface area contributed by atoms with Gasteiger partial charge in [-0.15, -0.1) is 0 Å². The Hall–Kier alpha value is -1.47. The highest BCUT2D eigenvalue weighted by Gasteiger charge is 2.19. The van der Waals surface area contributed by atoms with Gasteiger partial charge in [-0.25, -0.2) is 4.99 Å². The number of hydrogen-bond donors (Lipinski definition) is 1. The van der Waals surface area contributed by atoms with Crippen LogP contribution in [0, 0.1) is 5.92 Å². The van der Waals surface area contributed by atoms with E-state index in [1.54, 1.807) is 14.2 Å². The molecule has 1 fully saturated rings. The molecule has 140 valence electrons. The third-order valence-corrected chi connectivity index (χ3v) is 4.94. The van der Waals surface area contributed by atoms with Gasteiger partial charge >= 0.3 is 0 Å².